The molecule has 0 aliphatic heterocycles. The lowest BCUT2D eigenvalue weighted by atomic mass is 10.3. The van der Waals surface area contributed by atoms with Gasteiger partial charge >= 0.3 is 0 Å². The number of hydrogen-bond donors (Lipinski definition) is 0. The molecular formula is C6H2F4O. The maximum Gasteiger partial charge on any atom is 0.243 e. The van der Waals surface area contributed by atoms with Crippen LogP contribution in [0, 0.1) is 17.5 Å². The molecule has 1 rings (SSSR count). The van der Waals surface area contributed by atoms with Gasteiger partial charge in [0, 0.05) is 16.7 Å². The van der Waals surface area contributed by atoms with E-state index in [9.17, 15) is 17.7 Å². The first-order chi connectivity index (χ1) is 5.15. The first-order valence-corrected chi connectivity index (χ1v) is 2.58. The second kappa shape index (κ2) is 2.77. The second-order valence-electron chi connectivity index (χ2n) is 1.78. The average molecular weight is 166 g/mol. The zero-order valence-corrected chi connectivity index (χ0v) is 5.07. The minimum absolute atomic E-state index is 0.317. The highest BCUT2D eigenvalue weighted by molar-refractivity contribution is 5.26. The van der Waals surface area contributed by atoms with Crippen molar-refractivity contribution in [3.63, 3.8) is 0 Å². The molecule has 0 radical (unpaired) electrons. The fraction of sp³-hybridized carbons (Fsp3) is 0. The molecular weight excluding hydrogens is 164 g/mol. The molecule has 0 amide bonds. The fourth-order valence-electron chi connectivity index (χ4n) is 0.603. The van der Waals surface area contributed by atoms with Gasteiger partial charge in [-0.15, -0.1) is 0 Å². The maximum absolute atomic E-state index is 12.3. The third-order valence-corrected chi connectivity index (χ3v) is 1.04. The Morgan fingerprint density at radius 1 is 1.00 bits per heavy atom. The molecule has 0 aliphatic carbocycles. The first kappa shape index (κ1) is 7.84. The number of halogens is 4. The first-order valence-electron chi connectivity index (χ1n) is 2.58. The van der Waals surface area contributed by atoms with Crippen LogP contribution < -0.4 is 4.94 Å². The lowest BCUT2D eigenvalue weighted by Crippen LogP contribution is -1.90. The van der Waals surface area contributed by atoms with Gasteiger partial charge in [0.15, 0.2) is 11.6 Å². The van der Waals surface area contributed by atoms with Crippen molar-refractivity contribution in [3.8, 4) is 5.75 Å². The lowest BCUT2D eigenvalue weighted by Gasteiger charge is -1.97. The minimum Gasteiger partial charge on any atom is -0.288 e. The summed E-state index contributed by atoms with van der Waals surface area (Å²) >= 11 is 0. The van der Waals surface area contributed by atoms with E-state index in [-0.39, 0.29) is 0 Å². The van der Waals surface area contributed by atoms with Crippen molar-refractivity contribution in [3.05, 3.63) is 29.6 Å². The molecule has 1 aromatic carbocycles. The Kier molecular flexibility index (Phi) is 1.98. The summed E-state index contributed by atoms with van der Waals surface area (Å²) in [7, 11) is 0. The summed E-state index contributed by atoms with van der Waals surface area (Å²) in [5, 5.41) is 0. The van der Waals surface area contributed by atoms with Crippen LogP contribution in [0.2, 0.25) is 0 Å². The predicted molar refractivity (Wildman–Crippen MR) is 28.1 cm³/mol. The molecule has 5 heteroatoms. The van der Waals surface area contributed by atoms with Gasteiger partial charge in [0.05, 0.1) is 0 Å². The molecule has 0 aliphatic rings. The van der Waals surface area contributed by atoms with Gasteiger partial charge in [-0.1, -0.05) is 0 Å². The van der Waals surface area contributed by atoms with Crippen molar-refractivity contribution < 1.29 is 22.6 Å². The Morgan fingerprint density at radius 3 is 1.82 bits per heavy atom. The quantitative estimate of drug-likeness (QED) is 0.582. The van der Waals surface area contributed by atoms with Crippen molar-refractivity contribution in [1.29, 1.82) is 0 Å². The van der Waals surface area contributed by atoms with Crippen LogP contribution >= 0.6 is 0 Å². The molecule has 1 nitrogen and oxygen atoms in total. The maximum atomic E-state index is 12.3. The Hall–Kier alpha value is -1.26. The summed E-state index contributed by atoms with van der Waals surface area (Å²) in [6.45, 7) is 0. The molecule has 11 heavy (non-hydrogen) atoms. The topological polar surface area (TPSA) is 9.23 Å². The zero-order valence-electron chi connectivity index (χ0n) is 5.07. The molecule has 0 atom stereocenters. The van der Waals surface area contributed by atoms with Crippen molar-refractivity contribution in [1.82, 2.24) is 0 Å². The van der Waals surface area contributed by atoms with E-state index in [2.05, 4.69) is 4.94 Å². The SMILES string of the molecule is FOc1c(F)cc(F)cc1F. The van der Waals surface area contributed by atoms with E-state index in [1.54, 1.807) is 0 Å². The molecule has 0 fully saturated rings. The largest absolute Gasteiger partial charge is 0.288 e. The summed E-state index contributed by atoms with van der Waals surface area (Å²) in [5.74, 6) is -5.18. The van der Waals surface area contributed by atoms with Gasteiger partial charge in [0.2, 0.25) is 5.75 Å². The Balaban J connectivity index is 3.25. The predicted octanol–water partition coefficient (Wildman–Crippen LogP) is 2.37. The van der Waals surface area contributed by atoms with Crippen LogP contribution in [0.1, 0.15) is 0 Å². The number of hydrogen-bond acceptors (Lipinski definition) is 1. The Morgan fingerprint density at radius 2 is 1.45 bits per heavy atom. The van der Waals surface area contributed by atoms with E-state index in [0.29, 0.717) is 12.1 Å². The summed E-state index contributed by atoms with van der Waals surface area (Å²) in [6.07, 6.45) is 0. The van der Waals surface area contributed by atoms with Crippen molar-refractivity contribution in [2.75, 3.05) is 0 Å². The van der Waals surface area contributed by atoms with Crippen LogP contribution in [0.5, 0.6) is 5.75 Å². The van der Waals surface area contributed by atoms with E-state index < -0.39 is 23.2 Å². The van der Waals surface area contributed by atoms with Gasteiger partial charge in [-0.25, -0.2) is 13.2 Å². The highest BCUT2D eigenvalue weighted by atomic mass is 19.3. The van der Waals surface area contributed by atoms with E-state index in [1.165, 1.54) is 0 Å². The van der Waals surface area contributed by atoms with Gasteiger partial charge in [0.25, 0.3) is 0 Å². The molecule has 0 spiro atoms. The van der Waals surface area contributed by atoms with Gasteiger partial charge in [-0.3, -0.25) is 4.94 Å². The fourth-order valence-corrected chi connectivity index (χ4v) is 0.603. The van der Waals surface area contributed by atoms with Crippen LogP contribution in [0.15, 0.2) is 12.1 Å². The van der Waals surface area contributed by atoms with Crippen LogP contribution in [-0.2, 0) is 0 Å². The van der Waals surface area contributed by atoms with Gasteiger partial charge < -0.3 is 0 Å². The van der Waals surface area contributed by atoms with Gasteiger partial charge in [-0.2, -0.15) is 0 Å². The highest BCUT2D eigenvalue weighted by Gasteiger charge is 2.13. The molecule has 0 N–H and O–H groups in total. The third kappa shape index (κ3) is 1.42. The van der Waals surface area contributed by atoms with Crippen molar-refractivity contribution in [2.24, 2.45) is 0 Å². The molecule has 0 saturated carbocycles. The smallest absolute Gasteiger partial charge is 0.243 e. The van der Waals surface area contributed by atoms with Crippen LogP contribution in [0.4, 0.5) is 17.7 Å². The Labute approximate surface area is 59.1 Å². The Bertz CT molecular complexity index is 250. The van der Waals surface area contributed by atoms with Crippen LogP contribution in [0.25, 0.3) is 0 Å². The normalized spacial score (nSPS) is 9.82. The summed E-state index contributed by atoms with van der Waals surface area (Å²) in [4.78, 5) is 2.81. The van der Waals surface area contributed by atoms with E-state index >= 15 is 0 Å². The molecule has 60 valence electrons. The minimum atomic E-state index is -1.41. The standard InChI is InChI=1S/C6H2F4O/c7-3-1-4(8)6(11-10)5(9)2-3/h1-2H. The van der Waals surface area contributed by atoms with Gasteiger partial charge in [-0.05, 0) is 0 Å². The third-order valence-electron chi connectivity index (χ3n) is 1.04. The molecule has 0 aromatic heterocycles. The number of rotatable bonds is 1. The zero-order chi connectivity index (χ0) is 8.43. The van der Waals surface area contributed by atoms with E-state index in [4.69, 9.17) is 0 Å². The van der Waals surface area contributed by atoms with Gasteiger partial charge in [0.1, 0.15) is 5.82 Å². The lowest BCUT2D eigenvalue weighted by molar-refractivity contribution is -0.0154. The van der Waals surface area contributed by atoms with Crippen molar-refractivity contribution in [2.45, 2.75) is 0 Å². The van der Waals surface area contributed by atoms with Crippen molar-refractivity contribution >= 4 is 0 Å². The number of benzene rings is 1. The monoisotopic (exact) mass is 166 g/mol. The molecule has 1 aromatic rings. The molecule has 0 heterocycles. The molecule has 0 unspecified atom stereocenters. The summed E-state index contributed by atoms with van der Waals surface area (Å²) in [5.41, 5.74) is 0. The van der Waals surface area contributed by atoms with E-state index in [0.717, 1.165) is 0 Å². The summed E-state index contributed by atoms with van der Waals surface area (Å²) in [6, 6.07) is 0.635. The molecule has 0 saturated heterocycles. The molecule has 0 bridgehead atoms. The second-order valence-corrected chi connectivity index (χ2v) is 1.78. The van der Waals surface area contributed by atoms with E-state index in [1.807, 2.05) is 0 Å². The summed E-state index contributed by atoms with van der Waals surface area (Å²) < 4.78 is 47.9. The van der Waals surface area contributed by atoms with Crippen LogP contribution in [-0.4, -0.2) is 0 Å². The average Bonchev–Trinajstić information content (AvgIpc) is 1.85. The van der Waals surface area contributed by atoms with Crippen LogP contribution in [0.3, 0.4) is 0 Å². The highest BCUT2D eigenvalue weighted by Crippen LogP contribution is 2.22.